The molecule has 10 heteroatoms. The maximum absolute atomic E-state index is 13.1. The molecule has 2 aliphatic heterocycles. The Balaban J connectivity index is 1.13. The van der Waals surface area contributed by atoms with Crippen LogP contribution in [-0.2, 0) is 0 Å². The molecule has 0 spiro atoms. The highest BCUT2D eigenvalue weighted by Gasteiger charge is 2.63. The van der Waals surface area contributed by atoms with Crippen molar-refractivity contribution in [3.8, 4) is 0 Å². The van der Waals surface area contributed by atoms with Crippen LogP contribution in [0.2, 0.25) is 0 Å². The first-order valence-corrected chi connectivity index (χ1v) is 10.2. The number of aromatic amines is 1. The van der Waals surface area contributed by atoms with E-state index in [9.17, 15) is 18.0 Å². The normalized spacial score (nSPS) is 23.4. The van der Waals surface area contributed by atoms with Gasteiger partial charge in [0.15, 0.2) is 0 Å². The molecule has 2 saturated heterocycles. The second-order valence-corrected chi connectivity index (χ2v) is 8.51. The molecule has 2 N–H and O–H groups in total. The number of benzene rings is 1. The van der Waals surface area contributed by atoms with Crippen molar-refractivity contribution in [1.82, 2.24) is 25.0 Å². The van der Waals surface area contributed by atoms with Gasteiger partial charge in [0.1, 0.15) is 17.7 Å². The van der Waals surface area contributed by atoms with Gasteiger partial charge in [-0.1, -0.05) is 12.1 Å². The molecule has 30 heavy (non-hydrogen) atoms. The minimum Gasteiger partial charge on any atom is -0.372 e. The van der Waals surface area contributed by atoms with E-state index in [1.54, 1.807) is 12.1 Å². The molecule has 1 aliphatic carbocycles. The number of nitrogens with zero attached hydrogens (tertiary/aromatic N) is 4. The third kappa shape index (κ3) is 3.37. The fourth-order valence-electron chi connectivity index (χ4n) is 4.33. The van der Waals surface area contributed by atoms with Gasteiger partial charge < -0.3 is 15.1 Å². The molecule has 2 amide bonds. The maximum Gasteiger partial charge on any atom is 0.411 e. The summed E-state index contributed by atoms with van der Waals surface area (Å²) in [5.74, 6) is 1.23. The van der Waals surface area contributed by atoms with E-state index in [2.05, 4.69) is 20.5 Å². The van der Waals surface area contributed by atoms with Crippen molar-refractivity contribution in [2.75, 3.05) is 31.5 Å². The number of hydrogen-bond acceptors (Lipinski definition) is 4. The van der Waals surface area contributed by atoms with E-state index in [1.165, 1.54) is 6.33 Å². The van der Waals surface area contributed by atoms with Crippen LogP contribution in [0.4, 0.5) is 23.7 Å². The van der Waals surface area contributed by atoms with Crippen LogP contribution in [0.1, 0.15) is 42.5 Å². The van der Waals surface area contributed by atoms with E-state index >= 15 is 0 Å². The highest BCUT2D eigenvalue weighted by Crippen LogP contribution is 2.51. The summed E-state index contributed by atoms with van der Waals surface area (Å²) in [5, 5.41) is 9.39. The fourth-order valence-corrected chi connectivity index (χ4v) is 4.33. The van der Waals surface area contributed by atoms with Gasteiger partial charge in [0.2, 0.25) is 0 Å². The van der Waals surface area contributed by atoms with E-state index in [4.69, 9.17) is 0 Å². The van der Waals surface area contributed by atoms with Gasteiger partial charge in [-0.3, -0.25) is 5.10 Å². The summed E-state index contributed by atoms with van der Waals surface area (Å²) in [6, 6.07) is 7.16. The van der Waals surface area contributed by atoms with Crippen molar-refractivity contribution in [3.05, 3.63) is 42.0 Å². The molecule has 160 valence electrons. The van der Waals surface area contributed by atoms with Gasteiger partial charge in [-0.15, -0.1) is 0 Å². The van der Waals surface area contributed by atoms with Crippen LogP contribution in [0, 0.1) is 0 Å². The second-order valence-electron chi connectivity index (χ2n) is 8.51. The molecule has 3 fully saturated rings. The topological polar surface area (TPSA) is 77.2 Å². The Morgan fingerprint density at radius 3 is 2.40 bits per heavy atom. The number of carbonyl (C=O) groups is 1. The zero-order chi connectivity index (χ0) is 20.9. The molecule has 1 aromatic heterocycles. The van der Waals surface area contributed by atoms with Crippen molar-refractivity contribution >= 4 is 11.7 Å². The van der Waals surface area contributed by atoms with Gasteiger partial charge >= 0.3 is 12.2 Å². The first-order valence-electron chi connectivity index (χ1n) is 10.2. The van der Waals surface area contributed by atoms with E-state index in [1.807, 2.05) is 21.9 Å². The van der Waals surface area contributed by atoms with Crippen LogP contribution in [0.15, 0.2) is 30.6 Å². The Morgan fingerprint density at radius 2 is 1.80 bits per heavy atom. The van der Waals surface area contributed by atoms with E-state index < -0.39 is 11.7 Å². The van der Waals surface area contributed by atoms with Crippen molar-refractivity contribution in [2.24, 2.45) is 0 Å². The van der Waals surface area contributed by atoms with Crippen LogP contribution in [0.25, 0.3) is 0 Å². The number of carbonyl (C=O) groups excluding carboxylic acids is 1. The lowest BCUT2D eigenvalue weighted by molar-refractivity contribution is -0.151. The maximum atomic E-state index is 13.1. The summed E-state index contributed by atoms with van der Waals surface area (Å²) in [6.07, 6.45) is -1.65. The third-order valence-corrected chi connectivity index (χ3v) is 6.49. The van der Waals surface area contributed by atoms with Crippen LogP contribution in [0.3, 0.4) is 0 Å². The zero-order valence-electron chi connectivity index (χ0n) is 16.3. The summed E-state index contributed by atoms with van der Waals surface area (Å²) >= 11 is 0. The molecule has 0 radical (unpaired) electrons. The largest absolute Gasteiger partial charge is 0.411 e. The minimum atomic E-state index is -4.23. The van der Waals surface area contributed by atoms with Gasteiger partial charge in [-0.2, -0.15) is 18.3 Å². The lowest BCUT2D eigenvalue weighted by Crippen LogP contribution is -2.53. The first kappa shape index (κ1) is 19.2. The number of H-pyrrole nitrogens is 1. The number of halogens is 3. The Morgan fingerprint density at radius 1 is 1.10 bits per heavy atom. The number of urea groups is 1. The predicted octanol–water partition coefficient (Wildman–Crippen LogP) is 3.32. The summed E-state index contributed by atoms with van der Waals surface area (Å²) in [5.41, 5.74) is -0.230. The monoisotopic (exact) mass is 420 g/mol. The molecule has 2 aromatic rings. The van der Waals surface area contributed by atoms with E-state index in [0.717, 1.165) is 17.8 Å². The van der Waals surface area contributed by atoms with E-state index in [-0.39, 0.29) is 30.7 Å². The SMILES string of the molecule is O=C(N1CC(c2ccc(NC3(C(F)(F)F)CC3)cc2)C1)N1CC[C@H](c2ncn[nH]2)C1. The van der Waals surface area contributed by atoms with Crippen molar-refractivity contribution in [2.45, 2.75) is 42.8 Å². The Kier molecular flexibility index (Phi) is 4.41. The molecule has 7 nitrogen and oxygen atoms in total. The average Bonchev–Trinajstić information content (AvgIpc) is 3.09. The molecule has 1 saturated carbocycles. The molecule has 1 aromatic carbocycles. The summed E-state index contributed by atoms with van der Waals surface area (Å²) in [7, 11) is 0. The number of amides is 2. The minimum absolute atomic E-state index is 0.0346. The second kappa shape index (κ2) is 6.88. The number of aromatic nitrogens is 3. The fraction of sp³-hybridized carbons (Fsp3) is 0.550. The highest BCUT2D eigenvalue weighted by molar-refractivity contribution is 5.76. The number of anilines is 1. The van der Waals surface area contributed by atoms with Gasteiger partial charge in [0, 0.05) is 43.7 Å². The van der Waals surface area contributed by atoms with Crippen LogP contribution < -0.4 is 5.32 Å². The number of hydrogen-bond donors (Lipinski definition) is 2. The lowest BCUT2D eigenvalue weighted by Gasteiger charge is -2.41. The number of nitrogens with one attached hydrogen (secondary N) is 2. The van der Waals surface area contributed by atoms with Crippen LogP contribution in [0.5, 0.6) is 0 Å². The summed E-state index contributed by atoms with van der Waals surface area (Å²) in [4.78, 5) is 20.6. The summed E-state index contributed by atoms with van der Waals surface area (Å²) < 4.78 is 39.3. The number of rotatable bonds is 4. The Labute approximate surface area is 171 Å². The van der Waals surface area contributed by atoms with Gasteiger partial charge in [0.05, 0.1) is 0 Å². The molecule has 3 heterocycles. The lowest BCUT2D eigenvalue weighted by atomic mass is 9.91. The predicted molar refractivity (Wildman–Crippen MR) is 103 cm³/mol. The Hall–Kier alpha value is -2.78. The first-order chi connectivity index (χ1) is 14.3. The van der Waals surface area contributed by atoms with Gasteiger partial charge in [-0.25, -0.2) is 9.78 Å². The van der Waals surface area contributed by atoms with Crippen molar-refractivity contribution < 1.29 is 18.0 Å². The molecule has 1 atom stereocenters. The molecular weight excluding hydrogens is 397 g/mol. The number of likely N-dealkylation sites (tertiary alicyclic amines) is 2. The molecule has 5 rings (SSSR count). The van der Waals surface area contributed by atoms with Crippen LogP contribution in [-0.4, -0.2) is 68.9 Å². The van der Waals surface area contributed by atoms with Gasteiger partial charge in [0.25, 0.3) is 0 Å². The number of alkyl halides is 3. The molecular formula is C20H23F3N6O. The van der Waals surface area contributed by atoms with Crippen molar-refractivity contribution in [3.63, 3.8) is 0 Å². The van der Waals surface area contributed by atoms with Gasteiger partial charge in [-0.05, 0) is 37.0 Å². The smallest absolute Gasteiger partial charge is 0.372 e. The average molecular weight is 420 g/mol. The molecule has 0 bridgehead atoms. The summed E-state index contributed by atoms with van der Waals surface area (Å²) in [6.45, 7) is 2.59. The van der Waals surface area contributed by atoms with E-state index in [0.29, 0.717) is 31.9 Å². The standard InChI is InChI=1S/C20H23F3N6O/c21-20(22,23)19(6-7-19)26-16-3-1-13(2-4-16)15-10-29(11-15)18(30)28-8-5-14(9-28)17-24-12-25-27-17/h1-4,12,14-15,26H,5-11H2,(H,24,25,27)/t14-/m0/s1. The Bertz CT molecular complexity index is 904. The van der Waals surface area contributed by atoms with Crippen LogP contribution >= 0.6 is 0 Å². The van der Waals surface area contributed by atoms with Crippen molar-refractivity contribution in [1.29, 1.82) is 0 Å². The highest BCUT2D eigenvalue weighted by atomic mass is 19.4. The quantitative estimate of drug-likeness (QED) is 0.796. The molecule has 3 aliphatic rings. The molecule has 0 unspecified atom stereocenters. The third-order valence-electron chi connectivity index (χ3n) is 6.49. The zero-order valence-corrected chi connectivity index (χ0v) is 16.3.